The van der Waals surface area contributed by atoms with Gasteiger partial charge in [0.25, 0.3) is 0 Å². The summed E-state index contributed by atoms with van der Waals surface area (Å²) in [4.78, 5) is 11.0. The fraction of sp³-hybridized carbons (Fsp3) is 0.200. The molecule has 0 amide bonds. The molecule has 1 aromatic carbocycles. The van der Waals surface area contributed by atoms with Gasteiger partial charge in [-0.15, -0.1) is 11.3 Å². The maximum Gasteiger partial charge on any atom is 0.142 e. The van der Waals surface area contributed by atoms with E-state index < -0.39 is 0 Å². The van der Waals surface area contributed by atoms with Gasteiger partial charge in [-0.2, -0.15) is 0 Å². The van der Waals surface area contributed by atoms with Crippen molar-refractivity contribution in [3.8, 4) is 0 Å². The monoisotopic (exact) mass is 303 g/mol. The molecule has 0 bridgehead atoms. The zero-order chi connectivity index (χ0) is 14.1. The van der Waals surface area contributed by atoms with E-state index >= 15 is 0 Å². The van der Waals surface area contributed by atoms with Crippen LogP contribution in [-0.4, -0.2) is 9.97 Å². The lowest BCUT2D eigenvalue weighted by atomic mass is 10.2. The lowest BCUT2D eigenvalue weighted by Crippen LogP contribution is -1.94. The van der Waals surface area contributed by atoms with Gasteiger partial charge in [-0.3, -0.25) is 0 Å². The standard InChI is InChI=1S/C15H14ClN3S/c1-3-11-7-12-14(17-8-18-15(12)20-11)19-10-5-4-9(2)13(16)6-10/h4-8H,3H2,1-2H3,(H,17,18,19). The summed E-state index contributed by atoms with van der Waals surface area (Å²) in [7, 11) is 0. The van der Waals surface area contributed by atoms with Crippen LogP contribution in [0.15, 0.2) is 30.6 Å². The summed E-state index contributed by atoms with van der Waals surface area (Å²) < 4.78 is 0. The van der Waals surface area contributed by atoms with Crippen molar-refractivity contribution < 1.29 is 0 Å². The van der Waals surface area contributed by atoms with Crippen LogP contribution in [0.25, 0.3) is 10.2 Å². The number of benzene rings is 1. The zero-order valence-electron chi connectivity index (χ0n) is 11.3. The number of halogens is 1. The molecule has 3 nitrogen and oxygen atoms in total. The Hall–Kier alpha value is -1.65. The van der Waals surface area contributed by atoms with Crippen LogP contribution in [0.4, 0.5) is 11.5 Å². The van der Waals surface area contributed by atoms with Gasteiger partial charge in [-0.25, -0.2) is 9.97 Å². The number of nitrogens with one attached hydrogen (secondary N) is 1. The second kappa shape index (κ2) is 5.38. The Kier molecular flexibility index (Phi) is 3.59. The predicted octanol–water partition coefficient (Wildman–Crippen LogP) is 4.96. The molecule has 0 unspecified atom stereocenters. The van der Waals surface area contributed by atoms with Gasteiger partial charge in [0, 0.05) is 15.6 Å². The van der Waals surface area contributed by atoms with Gasteiger partial charge in [0.05, 0.1) is 5.39 Å². The second-order valence-electron chi connectivity index (χ2n) is 4.60. The molecule has 0 fully saturated rings. The third-order valence-corrected chi connectivity index (χ3v) is 4.76. The van der Waals surface area contributed by atoms with E-state index in [1.807, 2.05) is 25.1 Å². The van der Waals surface area contributed by atoms with E-state index in [9.17, 15) is 0 Å². The van der Waals surface area contributed by atoms with Crippen molar-refractivity contribution in [3.63, 3.8) is 0 Å². The van der Waals surface area contributed by atoms with Crippen LogP contribution in [0.1, 0.15) is 17.4 Å². The molecular formula is C15H14ClN3S. The smallest absolute Gasteiger partial charge is 0.142 e. The molecule has 102 valence electrons. The molecule has 0 aliphatic rings. The molecule has 3 rings (SSSR count). The molecule has 0 aliphatic carbocycles. The number of thiophene rings is 1. The summed E-state index contributed by atoms with van der Waals surface area (Å²) in [6.45, 7) is 4.13. The van der Waals surface area contributed by atoms with Crippen molar-refractivity contribution in [1.82, 2.24) is 9.97 Å². The van der Waals surface area contributed by atoms with Crippen LogP contribution in [0.2, 0.25) is 5.02 Å². The Bertz CT molecular complexity index is 767. The Morgan fingerprint density at radius 2 is 2.10 bits per heavy atom. The minimum Gasteiger partial charge on any atom is -0.340 e. The van der Waals surface area contributed by atoms with Crippen LogP contribution in [0.3, 0.4) is 0 Å². The van der Waals surface area contributed by atoms with Gasteiger partial charge >= 0.3 is 0 Å². The minimum atomic E-state index is 0.750. The summed E-state index contributed by atoms with van der Waals surface area (Å²) in [6, 6.07) is 8.06. The van der Waals surface area contributed by atoms with E-state index in [-0.39, 0.29) is 0 Å². The third kappa shape index (κ3) is 2.49. The first-order chi connectivity index (χ1) is 9.67. The summed E-state index contributed by atoms with van der Waals surface area (Å²) in [5.74, 6) is 0.825. The van der Waals surface area contributed by atoms with E-state index in [2.05, 4.69) is 28.3 Å². The van der Waals surface area contributed by atoms with Crippen molar-refractivity contribution in [1.29, 1.82) is 0 Å². The highest BCUT2D eigenvalue weighted by atomic mass is 35.5. The van der Waals surface area contributed by atoms with Gasteiger partial charge in [-0.1, -0.05) is 24.6 Å². The van der Waals surface area contributed by atoms with Gasteiger partial charge in [0.1, 0.15) is 17.0 Å². The first-order valence-corrected chi connectivity index (χ1v) is 7.63. The van der Waals surface area contributed by atoms with Crippen molar-refractivity contribution in [2.45, 2.75) is 20.3 Å². The molecule has 0 saturated heterocycles. The highest BCUT2D eigenvalue weighted by Gasteiger charge is 2.08. The molecule has 20 heavy (non-hydrogen) atoms. The highest BCUT2D eigenvalue weighted by molar-refractivity contribution is 7.18. The number of aromatic nitrogens is 2. The fourth-order valence-corrected chi connectivity index (χ4v) is 3.10. The molecule has 2 aromatic heterocycles. The number of nitrogens with zero attached hydrogens (tertiary/aromatic N) is 2. The number of fused-ring (bicyclic) bond motifs is 1. The maximum absolute atomic E-state index is 6.15. The lowest BCUT2D eigenvalue weighted by molar-refractivity contribution is 1.19. The molecule has 2 heterocycles. The number of hydrogen-bond acceptors (Lipinski definition) is 4. The molecule has 0 saturated carbocycles. The fourth-order valence-electron chi connectivity index (χ4n) is 1.99. The Morgan fingerprint density at radius 3 is 2.85 bits per heavy atom. The van der Waals surface area contributed by atoms with Crippen LogP contribution in [0.5, 0.6) is 0 Å². The predicted molar refractivity (Wildman–Crippen MR) is 86.3 cm³/mol. The van der Waals surface area contributed by atoms with Crippen LogP contribution in [0, 0.1) is 6.92 Å². The number of rotatable bonds is 3. The summed E-state index contributed by atoms with van der Waals surface area (Å²) >= 11 is 7.86. The second-order valence-corrected chi connectivity index (χ2v) is 6.12. The molecule has 0 spiro atoms. The van der Waals surface area contributed by atoms with Crippen molar-refractivity contribution >= 4 is 44.7 Å². The van der Waals surface area contributed by atoms with Crippen molar-refractivity contribution in [2.24, 2.45) is 0 Å². The first kappa shape index (κ1) is 13.3. The highest BCUT2D eigenvalue weighted by Crippen LogP contribution is 2.30. The molecule has 0 aliphatic heterocycles. The molecular weight excluding hydrogens is 290 g/mol. The summed E-state index contributed by atoms with van der Waals surface area (Å²) in [5, 5.41) is 5.13. The number of hydrogen-bond donors (Lipinski definition) is 1. The topological polar surface area (TPSA) is 37.8 Å². The van der Waals surface area contributed by atoms with Crippen LogP contribution in [-0.2, 0) is 6.42 Å². The van der Waals surface area contributed by atoms with E-state index in [1.54, 1.807) is 17.7 Å². The third-order valence-electron chi connectivity index (χ3n) is 3.16. The van der Waals surface area contributed by atoms with Crippen LogP contribution < -0.4 is 5.32 Å². The lowest BCUT2D eigenvalue weighted by Gasteiger charge is -2.07. The first-order valence-electron chi connectivity index (χ1n) is 6.44. The molecule has 0 radical (unpaired) electrons. The van der Waals surface area contributed by atoms with Gasteiger partial charge < -0.3 is 5.32 Å². The van der Waals surface area contributed by atoms with Crippen LogP contribution >= 0.6 is 22.9 Å². The molecule has 3 aromatic rings. The van der Waals surface area contributed by atoms with E-state index in [1.165, 1.54) is 4.88 Å². The minimum absolute atomic E-state index is 0.750. The normalized spacial score (nSPS) is 10.9. The van der Waals surface area contributed by atoms with E-state index in [0.717, 1.165) is 38.7 Å². The molecule has 1 N–H and O–H groups in total. The molecule has 5 heteroatoms. The summed E-state index contributed by atoms with van der Waals surface area (Å²) in [6.07, 6.45) is 2.60. The number of anilines is 2. The number of aryl methyl sites for hydroxylation is 2. The Morgan fingerprint density at radius 1 is 1.25 bits per heavy atom. The largest absolute Gasteiger partial charge is 0.340 e. The van der Waals surface area contributed by atoms with E-state index in [0.29, 0.717) is 0 Å². The van der Waals surface area contributed by atoms with Crippen molar-refractivity contribution in [3.05, 3.63) is 46.1 Å². The summed E-state index contributed by atoms with van der Waals surface area (Å²) in [5.41, 5.74) is 2.00. The van der Waals surface area contributed by atoms with Gasteiger partial charge in [-0.05, 0) is 37.1 Å². The average molecular weight is 304 g/mol. The zero-order valence-corrected chi connectivity index (χ0v) is 12.8. The SMILES string of the molecule is CCc1cc2c(Nc3ccc(C)c(Cl)c3)ncnc2s1. The Labute approximate surface area is 126 Å². The van der Waals surface area contributed by atoms with Gasteiger partial charge in [0.15, 0.2) is 0 Å². The maximum atomic E-state index is 6.15. The van der Waals surface area contributed by atoms with E-state index in [4.69, 9.17) is 11.6 Å². The Balaban J connectivity index is 2.01. The van der Waals surface area contributed by atoms with Gasteiger partial charge in [0.2, 0.25) is 0 Å². The van der Waals surface area contributed by atoms with Crippen molar-refractivity contribution in [2.75, 3.05) is 5.32 Å². The average Bonchev–Trinajstić information content (AvgIpc) is 2.87. The molecule has 0 atom stereocenters. The quantitative estimate of drug-likeness (QED) is 0.743.